The number of aromatic hydroxyl groups is 1. The maximum absolute atomic E-state index is 12.3. The molecule has 0 fully saturated rings. The first kappa shape index (κ1) is 23.4. The van der Waals surface area contributed by atoms with Gasteiger partial charge in [-0.05, 0) is 43.9 Å². The summed E-state index contributed by atoms with van der Waals surface area (Å²) in [5.74, 6) is -0.363. The first-order valence-electron chi connectivity index (χ1n) is 10.6. The van der Waals surface area contributed by atoms with Crippen LogP contribution in [-0.4, -0.2) is 34.5 Å². The quantitative estimate of drug-likeness (QED) is 0.261. The van der Waals surface area contributed by atoms with E-state index in [0.29, 0.717) is 11.0 Å². The second kappa shape index (κ2) is 10.0. The topological polar surface area (TPSA) is 140 Å². The van der Waals surface area contributed by atoms with Crippen LogP contribution in [0.3, 0.4) is 0 Å². The van der Waals surface area contributed by atoms with Gasteiger partial charge in [0.2, 0.25) is 11.9 Å². The summed E-state index contributed by atoms with van der Waals surface area (Å²) in [5.41, 5.74) is 3.95. The molecular weight excluding hydrogens is 508 g/mol. The number of phenolic OH excluding ortho intramolecular Hbond substituents is 1. The Balaban J connectivity index is 1.50. The smallest absolute Gasteiger partial charge is 0.315 e. The first-order valence-corrected chi connectivity index (χ1v) is 11.4. The molecule has 0 spiro atoms. The third-order valence-electron chi connectivity index (χ3n) is 5.46. The van der Waals surface area contributed by atoms with Crippen LogP contribution >= 0.6 is 15.9 Å². The maximum Gasteiger partial charge on any atom is 0.315 e. The molecule has 0 bridgehead atoms. The van der Waals surface area contributed by atoms with Gasteiger partial charge in [-0.2, -0.15) is 5.10 Å². The number of halogens is 1. The highest BCUT2D eigenvalue weighted by molar-refractivity contribution is 9.10. The van der Waals surface area contributed by atoms with Gasteiger partial charge in [0.1, 0.15) is 11.3 Å². The molecule has 1 aliphatic rings. The van der Waals surface area contributed by atoms with Gasteiger partial charge in [-0.15, -0.1) is 0 Å². The molecular formula is C23H21BrN4O6. The van der Waals surface area contributed by atoms with E-state index in [1.807, 2.05) is 24.3 Å². The van der Waals surface area contributed by atoms with E-state index in [0.717, 1.165) is 47.0 Å². The Morgan fingerprint density at radius 2 is 2.03 bits per heavy atom. The number of carbonyl (C=O) groups is 1. The number of amides is 1. The largest absolute Gasteiger partial charge is 0.502 e. The van der Waals surface area contributed by atoms with Crippen molar-refractivity contribution in [2.75, 3.05) is 0 Å². The number of hydrogen-bond donors (Lipinski definition) is 2. The van der Waals surface area contributed by atoms with Crippen molar-refractivity contribution < 1.29 is 24.1 Å². The lowest BCUT2D eigenvalue weighted by Gasteiger charge is -2.10. The zero-order chi connectivity index (χ0) is 24.2. The van der Waals surface area contributed by atoms with Crippen LogP contribution in [0.1, 0.15) is 42.2 Å². The highest BCUT2D eigenvalue weighted by Gasteiger charge is 2.27. The van der Waals surface area contributed by atoms with Crippen LogP contribution in [-0.2, 0) is 22.5 Å². The molecule has 1 atom stereocenters. The summed E-state index contributed by atoms with van der Waals surface area (Å²) < 4.78 is 6.76. The number of benzene rings is 2. The van der Waals surface area contributed by atoms with Gasteiger partial charge in [-0.25, -0.2) is 5.43 Å². The molecule has 3 aromatic rings. The van der Waals surface area contributed by atoms with E-state index in [9.17, 15) is 20.0 Å². The van der Waals surface area contributed by atoms with Crippen LogP contribution < -0.4 is 5.43 Å². The predicted molar refractivity (Wildman–Crippen MR) is 129 cm³/mol. The fourth-order valence-electron chi connectivity index (χ4n) is 3.73. The number of carbonyl (C=O) groups excluding carboxylic acids is 1. The zero-order valence-electron chi connectivity index (χ0n) is 18.2. The lowest BCUT2D eigenvalue weighted by Crippen LogP contribution is -2.30. The van der Waals surface area contributed by atoms with E-state index in [1.165, 1.54) is 25.4 Å². The van der Waals surface area contributed by atoms with Gasteiger partial charge in [0, 0.05) is 21.8 Å². The third-order valence-corrected chi connectivity index (χ3v) is 5.99. The van der Waals surface area contributed by atoms with Crippen LogP contribution in [0.5, 0.6) is 5.75 Å². The molecule has 176 valence electrons. The van der Waals surface area contributed by atoms with Crippen molar-refractivity contribution in [3.05, 3.63) is 67.4 Å². The lowest BCUT2D eigenvalue weighted by atomic mass is 9.93. The van der Waals surface area contributed by atoms with E-state index in [1.54, 1.807) is 0 Å². The summed E-state index contributed by atoms with van der Waals surface area (Å²) >= 11 is 3.34. The minimum absolute atomic E-state index is 0.123. The van der Waals surface area contributed by atoms with E-state index < -0.39 is 28.4 Å². The van der Waals surface area contributed by atoms with Gasteiger partial charge in [0.05, 0.1) is 29.0 Å². The molecule has 0 radical (unpaired) electrons. The molecule has 1 unspecified atom stereocenters. The van der Waals surface area contributed by atoms with Gasteiger partial charge in [-0.3, -0.25) is 14.9 Å². The Morgan fingerprint density at radius 1 is 1.29 bits per heavy atom. The van der Waals surface area contributed by atoms with Crippen LogP contribution in [0.25, 0.3) is 11.0 Å². The van der Waals surface area contributed by atoms with E-state index >= 15 is 0 Å². The van der Waals surface area contributed by atoms with Crippen molar-refractivity contribution in [2.45, 2.75) is 38.7 Å². The highest BCUT2D eigenvalue weighted by Crippen LogP contribution is 2.41. The van der Waals surface area contributed by atoms with Crippen LogP contribution in [0, 0.1) is 10.1 Å². The molecule has 1 aromatic heterocycles. The molecule has 0 saturated carbocycles. The van der Waals surface area contributed by atoms with Crippen molar-refractivity contribution in [1.29, 1.82) is 0 Å². The Labute approximate surface area is 202 Å². The molecule has 4 rings (SSSR count). The molecule has 1 heterocycles. The monoisotopic (exact) mass is 528 g/mol. The second-order valence-electron chi connectivity index (χ2n) is 7.77. The number of oxime groups is 1. The summed E-state index contributed by atoms with van der Waals surface area (Å²) in [7, 11) is 0. The van der Waals surface area contributed by atoms with E-state index in [-0.39, 0.29) is 5.56 Å². The molecule has 0 aliphatic heterocycles. The fraction of sp³-hybridized carbons (Fsp3) is 0.261. The van der Waals surface area contributed by atoms with Gasteiger partial charge >= 0.3 is 5.69 Å². The SMILES string of the molecule is CC(ON=Cc1ccc(Br)cc1)C(=O)NN=Cc1c(O)c([N+](=O)[O-])cc2oc3c(c12)CCCC3. The summed E-state index contributed by atoms with van der Waals surface area (Å²) in [5, 5.41) is 30.2. The number of phenols is 1. The number of furan rings is 1. The Bertz CT molecular complexity index is 1300. The van der Waals surface area contributed by atoms with Crippen LogP contribution in [0.2, 0.25) is 0 Å². The number of rotatable bonds is 7. The Hall–Kier alpha value is -3.73. The van der Waals surface area contributed by atoms with Crippen molar-refractivity contribution in [2.24, 2.45) is 10.3 Å². The minimum Gasteiger partial charge on any atom is -0.502 e. The zero-order valence-corrected chi connectivity index (χ0v) is 19.7. The number of fused-ring (bicyclic) bond motifs is 3. The summed E-state index contributed by atoms with van der Waals surface area (Å²) in [4.78, 5) is 28.2. The first-order chi connectivity index (χ1) is 16.3. The van der Waals surface area contributed by atoms with Crippen LogP contribution in [0.15, 0.2) is 49.5 Å². The summed E-state index contributed by atoms with van der Waals surface area (Å²) in [6, 6.07) is 8.57. The number of nitro groups is 1. The number of nitrogens with one attached hydrogen (secondary N) is 1. The van der Waals surface area contributed by atoms with Gasteiger partial charge in [0.25, 0.3) is 5.91 Å². The van der Waals surface area contributed by atoms with Gasteiger partial charge < -0.3 is 14.4 Å². The van der Waals surface area contributed by atoms with Crippen molar-refractivity contribution in [1.82, 2.24) is 5.43 Å². The van der Waals surface area contributed by atoms with Crippen molar-refractivity contribution >= 4 is 50.9 Å². The molecule has 11 heteroatoms. The number of hydrazone groups is 1. The second-order valence-corrected chi connectivity index (χ2v) is 8.68. The van der Waals surface area contributed by atoms with Gasteiger partial charge in [-0.1, -0.05) is 33.2 Å². The molecule has 10 nitrogen and oxygen atoms in total. The molecule has 34 heavy (non-hydrogen) atoms. The van der Waals surface area contributed by atoms with E-state index in [4.69, 9.17) is 9.25 Å². The summed E-state index contributed by atoms with van der Waals surface area (Å²) in [6.45, 7) is 1.50. The van der Waals surface area contributed by atoms with E-state index in [2.05, 4.69) is 31.6 Å². The molecule has 2 aromatic carbocycles. The normalized spacial score (nSPS) is 14.4. The lowest BCUT2D eigenvalue weighted by molar-refractivity contribution is -0.385. The summed E-state index contributed by atoms with van der Waals surface area (Å²) in [6.07, 6.45) is 5.06. The third kappa shape index (κ3) is 4.93. The minimum atomic E-state index is -0.954. The highest BCUT2D eigenvalue weighted by atomic mass is 79.9. The van der Waals surface area contributed by atoms with Gasteiger partial charge in [0.15, 0.2) is 0 Å². The van der Waals surface area contributed by atoms with Crippen molar-refractivity contribution in [3.63, 3.8) is 0 Å². The number of aryl methyl sites for hydroxylation is 2. The molecule has 0 saturated heterocycles. The number of nitro benzene ring substituents is 1. The Morgan fingerprint density at radius 3 is 2.76 bits per heavy atom. The average molecular weight is 529 g/mol. The van der Waals surface area contributed by atoms with Crippen LogP contribution in [0.4, 0.5) is 5.69 Å². The standard InChI is InChI=1S/C23H21BrN4O6/c1-13(34-26-11-14-6-8-15(24)9-7-14)23(30)27-25-12-17-21-16-4-2-3-5-19(16)33-20(21)10-18(22(17)29)28(31)32/h6-13,29H,2-5H2,1H3,(H,27,30). The predicted octanol–water partition coefficient (Wildman–Crippen LogP) is 4.58. The number of hydrogen-bond acceptors (Lipinski definition) is 8. The Kier molecular flexibility index (Phi) is 6.92. The van der Waals surface area contributed by atoms with Crippen molar-refractivity contribution in [3.8, 4) is 5.75 Å². The number of nitrogens with zero attached hydrogens (tertiary/aromatic N) is 3. The average Bonchev–Trinajstić information content (AvgIpc) is 3.19. The molecule has 2 N–H and O–H groups in total. The fourth-order valence-corrected chi connectivity index (χ4v) is 3.99. The molecule has 1 aliphatic carbocycles. The maximum atomic E-state index is 12.3. The molecule has 1 amide bonds.